The van der Waals surface area contributed by atoms with Gasteiger partial charge in [-0.2, -0.15) is 0 Å². The van der Waals surface area contributed by atoms with Crippen LogP contribution < -0.4 is 5.32 Å². The van der Waals surface area contributed by atoms with Crippen molar-refractivity contribution < 1.29 is 0 Å². The van der Waals surface area contributed by atoms with Crippen LogP contribution in [-0.2, 0) is 0 Å². The number of hydrogen-bond acceptors (Lipinski definition) is 3. The second kappa shape index (κ2) is 6.45. The molecule has 1 heterocycles. The molecular formula is C15H18N2S. The molecule has 0 aliphatic heterocycles. The van der Waals surface area contributed by atoms with Gasteiger partial charge in [-0.25, -0.2) is 4.98 Å². The molecule has 2 rings (SSSR count). The summed E-state index contributed by atoms with van der Waals surface area (Å²) in [7, 11) is 0. The van der Waals surface area contributed by atoms with E-state index in [1.807, 2.05) is 30.0 Å². The van der Waals surface area contributed by atoms with Gasteiger partial charge in [0.25, 0.3) is 0 Å². The maximum absolute atomic E-state index is 4.28. The van der Waals surface area contributed by atoms with Crippen LogP contribution in [0.4, 0.5) is 5.82 Å². The first-order chi connectivity index (χ1) is 8.79. The lowest BCUT2D eigenvalue weighted by molar-refractivity contribution is 0.873. The number of benzene rings is 1. The van der Waals surface area contributed by atoms with Crippen molar-refractivity contribution in [1.82, 2.24) is 4.98 Å². The molecular weight excluding hydrogens is 240 g/mol. The van der Waals surface area contributed by atoms with E-state index in [2.05, 4.69) is 48.4 Å². The fourth-order valence-electron chi connectivity index (χ4n) is 1.77. The van der Waals surface area contributed by atoms with Crippen molar-refractivity contribution in [3.8, 4) is 0 Å². The lowest BCUT2D eigenvalue weighted by Crippen LogP contribution is -2.07. The number of rotatable bonds is 5. The van der Waals surface area contributed by atoms with Gasteiger partial charge in [0.2, 0.25) is 0 Å². The van der Waals surface area contributed by atoms with Gasteiger partial charge < -0.3 is 5.32 Å². The molecule has 1 unspecified atom stereocenters. The monoisotopic (exact) mass is 258 g/mol. The normalized spacial score (nSPS) is 12.1. The average Bonchev–Trinajstić information content (AvgIpc) is 2.41. The third-order valence-electron chi connectivity index (χ3n) is 2.72. The second-order valence-electron chi connectivity index (χ2n) is 4.08. The van der Waals surface area contributed by atoms with Gasteiger partial charge in [0, 0.05) is 17.1 Å². The highest BCUT2D eigenvalue weighted by molar-refractivity contribution is 7.99. The van der Waals surface area contributed by atoms with E-state index in [0.717, 1.165) is 11.6 Å². The SMILES string of the molecule is CCSc1ccc(C(C)Nc2ccccn2)cc1. The summed E-state index contributed by atoms with van der Waals surface area (Å²) in [5, 5.41) is 3.39. The Bertz CT molecular complexity index is 468. The van der Waals surface area contributed by atoms with Gasteiger partial charge in [0.05, 0.1) is 0 Å². The molecule has 2 nitrogen and oxygen atoms in total. The van der Waals surface area contributed by atoms with Crippen LogP contribution in [0.2, 0.25) is 0 Å². The Balaban J connectivity index is 2.02. The molecule has 3 heteroatoms. The highest BCUT2D eigenvalue weighted by Gasteiger charge is 2.05. The second-order valence-corrected chi connectivity index (χ2v) is 5.42. The lowest BCUT2D eigenvalue weighted by Gasteiger charge is -2.15. The van der Waals surface area contributed by atoms with E-state index in [-0.39, 0.29) is 6.04 Å². The molecule has 1 aromatic carbocycles. The molecule has 1 aromatic heterocycles. The van der Waals surface area contributed by atoms with Crippen molar-refractivity contribution in [2.75, 3.05) is 11.1 Å². The average molecular weight is 258 g/mol. The number of anilines is 1. The highest BCUT2D eigenvalue weighted by Crippen LogP contribution is 2.22. The minimum absolute atomic E-state index is 0.264. The predicted molar refractivity (Wildman–Crippen MR) is 79.1 cm³/mol. The minimum Gasteiger partial charge on any atom is -0.364 e. The van der Waals surface area contributed by atoms with Crippen LogP contribution in [-0.4, -0.2) is 10.7 Å². The zero-order chi connectivity index (χ0) is 12.8. The van der Waals surface area contributed by atoms with Crippen LogP contribution >= 0.6 is 11.8 Å². The van der Waals surface area contributed by atoms with Crippen LogP contribution in [0.5, 0.6) is 0 Å². The van der Waals surface area contributed by atoms with Crippen molar-refractivity contribution in [2.24, 2.45) is 0 Å². The highest BCUT2D eigenvalue weighted by atomic mass is 32.2. The topological polar surface area (TPSA) is 24.9 Å². The maximum Gasteiger partial charge on any atom is 0.126 e. The molecule has 0 radical (unpaired) electrons. The Morgan fingerprint density at radius 1 is 1.17 bits per heavy atom. The van der Waals surface area contributed by atoms with Crippen LogP contribution in [0.25, 0.3) is 0 Å². The van der Waals surface area contributed by atoms with Gasteiger partial charge in [0.15, 0.2) is 0 Å². The van der Waals surface area contributed by atoms with Gasteiger partial charge in [0.1, 0.15) is 5.82 Å². The third kappa shape index (κ3) is 3.50. The number of thioether (sulfide) groups is 1. The number of hydrogen-bond donors (Lipinski definition) is 1. The summed E-state index contributed by atoms with van der Waals surface area (Å²) in [6.07, 6.45) is 1.80. The van der Waals surface area contributed by atoms with Gasteiger partial charge in [-0.1, -0.05) is 25.1 Å². The Morgan fingerprint density at radius 2 is 1.94 bits per heavy atom. The fraction of sp³-hybridized carbons (Fsp3) is 0.267. The number of nitrogens with zero attached hydrogens (tertiary/aromatic N) is 1. The van der Waals surface area contributed by atoms with E-state index >= 15 is 0 Å². The summed E-state index contributed by atoms with van der Waals surface area (Å²) < 4.78 is 0. The van der Waals surface area contributed by atoms with Gasteiger partial charge >= 0.3 is 0 Å². The van der Waals surface area contributed by atoms with Crippen molar-refractivity contribution in [3.05, 3.63) is 54.2 Å². The minimum atomic E-state index is 0.264. The molecule has 0 amide bonds. The summed E-state index contributed by atoms with van der Waals surface area (Å²) in [6.45, 7) is 4.32. The summed E-state index contributed by atoms with van der Waals surface area (Å²) in [5.41, 5.74) is 1.28. The fourth-order valence-corrected chi connectivity index (χ4v) is 2.43. The first-order valence-electron chi connectivity index (χ1n) is 6.20. The molecule has 0 aliphatic rings. The molecule has 18 heavy (non-hydrogen) atoms. The molecule has 0 aliphatic carbocycles. The number of nitrogens with one attached hydrogen (secondary N) is 1. The zero-order valence-corrected chi connectivity index (χ0v) is 11.6. The number of aromatic nitrogens is 1. The Kier molecular flexibility index (Phi) is 4.65. The molecule has 1 atom stereocenters. The van der Waals surface area contributed by atoms with Crippen molar-refractivity contribution in [3.63, 3.8) is 0 Å². The Labute approximate surface area is 113 Å². The molecule has 0 saturated heterocycles. The summed E-state index contributed by atoms with van der Waals surface area (Å²) in [4.78, 5) is 5.60. The third-order valence-corrected chi connectivity index (χ3v) is 3.61. The molecule has 2 aromatic rings. The van der Waals surface area contributed by atoms with E-state index in [1.54, 1.807) is 6.20 Å². The van der Waals surface area contributed by atoms with E-state index < -0.39 is 0 Å². The van der Waals surface area contributed by atoms with Gasteiger partial charge in [-0.3, -0.25) is 0 Å². The Morgan fingerprint density at radius 3 is 2.56 bits per heavy atom. The first-order valence-corrected chi connectivity index (χ1v) is 7.18. The van der Waals surface area contributed by atoms with Crippen LogP contribution in [0.15, 0.2) is 53.6 Å². The van der Waals surface area contributed by atoms with Crippen molar-refractivity contribution in [1.29, 1.82) is 0 Å². The smallest absolute Gasteiger partial charge is 0.126 e. The van der Waals surface area contributed by atoms with E-state index in [9.17, 15) is 0 Å². The zero-order valence-electron chi connectivity index (χ0n) is 10.8. The van der Waals surface area contributed by atoms with E-state index in [1.165, 1.54) is 10.5 Å². The molecule has 0 fully saturated rings. The van der Waals surface area contributed by atoms with Crippen LogP contribution in [0.3, 0.4) is 0 Å². The molecule has 0 saturated carbocycles. The standard InChI is InChI=1S/C15H18N2S/c1-3-18-14-9-7-13(8-10-14)12(2)17-15-6-4-5-11-16-15/h4-12H,3H2,1-2H3,(H,16,17). The molecule has 1 N–H and O–H groups in total. The van der Waals surface area contributed by atoms with Crippen molar-refractivity contribution in [2.45, 2.75) is 24.8 Å². The van der Waals surface area contributed by atoms with Crippen molar-refractivity contribution >= 4 is 17.6 Å². The quantitative estimate of drug-likeness (QED) is 0.806. The Hall–Kier alpha value is -1.48. The summed E-state index contributed by atoms with van der Waals surface area (Å²) in [6, 6.07) is 14.9. The van der Waals surface area contributed by atoms with Gasteiger partial charge in [-0.15, -0.1) is 11.8 Å². The first kappa shape index (κ1) is 13.0. The molecule has 94 valence electrons. The lowest BCUT2D eigenvalue weighted by atomic mass is 10.1. The number of pyridine rings is 1. The van der Waals surface area contributed by atoms with Gasteiger partial charge in [-0.05, 0) is 42.5 Å². The van der Waals surface area contributed by atoms with Crippen LogP contribution in [0, 0.1) is 0 Å². The summed E-state index contributed by atoms with van der Waals surface area (Å²) in [5.74, 6) is 2.03. The van der Waals surface area contributed by atoms with E-state index in [4.69, 9.17) is 0 Å². The maximum atomic E-state index is 4.28. The predicted octanol–water partition coefficient (Wildman–Crippen LogP) is 4.37. The summed E-state index contributed by atoms with van der Waals surface area (Å²) >= 11 is 1.87. The van der Waals surface area contributed by atoms with E-state index in [0.29, 0.717) is 0 Å². The van der Waals surface area contributed by atoms with Crippen LogP contribution in [0.1, 0.15) is 25.5 Å². The molecule has 0 bridgehead atoms. The largest absolute Gasteiger partial charge is 0.364 e. The molecule has 0 spiro atoms.